The van der Waals surface area contributed by atoms with Gasteiger partial charge in [0.05, 0.1) is 24.5 Å². The maximum atomic E-state index is 11.7. The number of carbonyl (C=O) groups is 1. The highest BCUT2D eigenvalue weighted by Gasteiger charge is 2.22. The summed E-state index contributed by atoms with van der Waals surface area (Å²) in [5.41, 5.74) is -0.542. The first-order valence-electron chi connectivity index (χ1n) is 6.65. The van der Waals surface area contributed by atoms with E-state index in [1.807, 2.05) is 0 Å². The smallest absolute Gasteiger partial charge is 0.339 e. The SMILES string of the molecule is COC(=O)c1ccccc1Nc1c(NCC(C)O)c(=O)c1=O. The van der Waals surface area contributed by atoms with E-state index >= 15 is 0 Å². The van der Waals surface area contributed by atoms with Crippen LogP contribution in [0.25, 0.3) is 0 Å². The first-order chi connectivity index (χ1) is 10.5. The van der Waals surface area contributed by atoms with Gasteiger partial charge in [-0.1, -0.05) is 12.1 Å². The van der Waals surface area contributed by atoms with Crippen LogP contribution in [0.5, 0.6) is 0 Å². The van der Waals surface area contributed by atoms with Crippen molar-refractivity contribution in [3.05, 3.63) is 50.3 Å². The highest BCUT2D eigenvalue weighted by Crippen LogP contribution is 2.24. The molecule has 0 radical (unpaired) electrons. The second-order valence-corrected chi connectivity index (χ2v) is 4.80. The standard InChI is InChI=1S/C15H16N2O5/c1-8(18)7-16-11-12(14(20)13(11)19)17-10-6-4-3-5-9(10)15(21)22-2/h3-6,8,16-18H,7H2,1-2H3. The van der Waals surface area contributed by atoms with Crippen LogP contribution in [0, 0.1) is 0 Å². The molecule has 2 rings (SSSR count). The van der Waals surface area contributed by atoms with Crippen molar-refractivity contribution < 1.29 is 14.6 Å². The molecule has 0 spiro atoms. The predicted octanol–water partition coefficient (Wildman–Crippen LogP) is 0.605. The van der Waals surface area contributed by atoms with Crippen LogP contribution in [0.3, 0.4) is 0 Å². The van der Waals surface area contributed by atoms with E-state index in [1.165, 1.54) is 7.11 Å². The van der Waals surface area contributed by atoms with E-state index in [-0.39, 0.29) is 23.5 Å². The van der Waals surface area contributed by atoms with E-state index in [0.717, 1.165) is 0 Å². The van der Waals surface area contributed by atoms with E-state index in [1.54, 1.807) is 31.2 Å². The van der Waals surface area contributed by atoms with Gasteiger partial charge in [0.2, 0.25) is 0 Å². The van der Waals surface area contributed by atoms with Crippen molar-refractivity contribution in [3.63, 3.8) is 0 Å². The number of nitrogens with one attached hydrogen (secondary N) is 2. The van der Waals surface area contributed by atoms with E-state index in [4.69, 9.17) is 0 Å². The van der Waals surface area contributed by atoms with Gasteiger partial charge in [0, 0.05) is 6.54 Å². The minimum Gasteiger partial charge on any atom is -0.465 e. The molecule has 0 fully saturated rings. The Bertz CT molecular complexity index is 759. The van der Waals surface area contributed by atoms with Gasteiger partial charge in [-0.05, 0) is 19.1 Å². The van der Waals surface area contributed by atoms with Gasteiger partial charge in [0.25, 0.3) is 10.9 Å². The van der Waals surface area contributed by atoms with E-state index in [0.29, 0.717) is 5.69 Å². The maximum Gasteiger partial charge on any atom is 0.339 e. The van der Waals surface area contributed by atoms with Gasteiger partial charge in [-0.3, -0.25) is 9.59 Å². The summed E-state index contributed by atoms with van der Waals surface area (Å²) in [4.78, 5) is 34.9. The van der Waals surface area contributed by atoms with Crippen molar-refractivity contribution in [1.82, 2.24) is 0 Å². The summed E-state index contributed by atoms with van der Waals surface area (Å²) in [6.07, 6.45) is -0.667. The highest BCUT2D eigenvalue weighted by atomic mass is 16.5. The van der Waals surface area contributed by atoms with Gasteiger partial charge in [-0.25, -0.2) is 4.79 Å². The molecule has 3 N–H and O–H groups in total. The third-order valence-electron chi connectivity index (χ3n) is 3.08. The summed E-state index contributed by atoms with van der Waals surface area (Å²) < 4.78 is 4.67. The van der Waals surface area contributed by atoms with Crippen LogP contribution in [-0.4, -0.2) is 30.8 Å². The Balaban J connectivity index is 2.29. The molecule has 0 amide bonds. The lowest BCUT2D eigenvalue weighted by molar-refractivity contribution is 0.0602. The van der Waals surface area contributed by atoms with Gasteiger partial charge >= 0.3 is 5.97 Å². The topological polar surface area (TPSA) is 105 Å². The number of benzene rings is 1. The van der Waals surface area contributed by atoms with Crippen LogP contribution in [0.15, 0.2) is 33.9 Å². The molecule has 7 nitrogen and oxygen atoms in total. The number of para-hydroxylation sites is 1. The largest absolute Gasteiger partial charge is 0.465 e. The van der Waals surface area contributed by atoms with E-state index in [9.17, 15) is 19.5 Å². The molecule has 2 aromatic rings. The third-order valence-corrected chi connectivity index (χ3v) is 3.08. The average Bonchev–Trinajstić information content (AvgIpc) is 2.52. The molecule has 0 bridgehead atoms. The Morgan fingerprint density at radius 2 is 1.86 bits per heavy atom. The molecule has 0 aliphatic rings. The summed E-state index contributed by atoms with van der Waals surface area (Å²) in [5, 5.41) is 14.7. The van der Waals surface area contributed by atoms with Crippen LogP contribution in [0.1, 0.15) is 17.3 Å². The molecule has 7 heteroatoms. The van der Waals surface area contributed by atoms with Crippen molar-refractivity contribution in [1.29, 1.82) is 0 Å². The third kappa shape index (κ3) is 2.99. The summed E-state index contributed by atoms with van der Waals surface area (Å²) >= 11 is 0. The first kappa shape index (κ1) is 15.7. The van der Waals surface area contributed by atoms with Gasteiger partial charge < -0.3 is 20.5 Å². The monoisotopic (exact) mass is 304 g/mol. The number of hydrogen-bond acceptors (Lipinski definition) is 7. The van der Waals surface area contributed by atoms with Crippen molar-refractivity contribution >= 4 is 23.0 Å². The van der Waals surface area contributed by atoms with E-state index < -0.39 is 22.9 Å². The fourth-order valence-corrected chi connectivity index (χ4v) is 1.94. The normalized spacial score (nSPS) is 12.0. The zero-order chi connectivity index (χ0) is 16.3. The van der Waals surface area contributed by atoms with Gasteiger partial charge in [0.15, 0.2) is 0 Å². The fraction of sp³-hybridized carbons (Fsp3) is 0.267. The zero-order valence-corrected chi connectivity index (χ0v) is 12.2. The first-order valence-corrected chi connectivity index (χ1v) is 6.65. The predicted molar refractivity (Wildman–Crippen MR) is 82.6 cm³/mol. The Morgan fingerprint density at radius 1 is 1.23 bits per heavy atom. The molecular formula is C15H16N2O5. The van der Waals surface area contributed by atoms with Crippen LogP contribution in [-0.2, 0) is 4.74 Å². The van der Waals surface area contributed by atoms with Crippen LogP contribution < -0.4 is 21.5 Å². The lowest BCUT2D eigenvalue weighted by atomic mass is 10.1. The number of ether oxygens (including phenoxy) is 1. The fourth-order valence-electron chi connectivity index (χ4n) is 1.94. The summed E-state index contributed by atoms with van der Waals surface area (Å²) in [6, 6.07) is 6.49. The Labute approximate surface area is 126 Å². The zero-order valence-electron chi connectivity index (χ0n) is 12.2. The van der Waals surface area contributed by atoms with Crippen molar-refractivity contribution in [2.24, 2.45) is 0 Å². The number of esters is 1. The molecule has 0 saturated carbocycles. The number of rotatable bonds is 6. The Kier molecular flexibility index (Phi) is 4.57. The second kappa shape index (κ2) is 6.40. The van der Waals surface area contributed by atoms with Gasteiger partial charge in [-0.15, -0.1) is 0 Å². The molecule has 0 aliphatic heterocycles. The molecule has 0 aliphatic carbocycles. The molecule has 1 atom stereocenters. The lowest BCUT2D eigenvalue weighted by Gasteiger charge is -2.17. The highest BCUT2D eigenvalue weighted by molar-refractivity contribution is 5.97. The Morgan fingerprint density at radius 3 is 2.50 bits per heavy atom. The lowest BCUT2D eigenvalue weighted by Crippen LogP contribution is -2.38. The van der Waals surface area contributed by atoms with Gasteiger partial charge in [0.1, 0.15) is 11.4 Å². The number of hydrogen-bond donors (Lipinski definition) is 3. The molecule has 0 saturated heterocycles. The van der Waals surface area contributed by atoms with Crippen LogP contribution >= 0.6 is 0 Å². The van der Waals surface area contributed by atoms with Crippen LogP contribution in [0.4, 0.5) is 17.1 Å². The Hall–Kier alpha value is -2.67. The summed E-state index contributed by atoms with van der Waals surface area (Å²) in [5.74, 6) is -0.555. The second-order valence-electron chi connectivity index (χ2n) is 4.80. The molecule has 1 unspecified atom stereocenters. The minimum atomic E-state index is -0.673. The van der Waals surface area contributed by atoms with Crippen LogP contribution in [0.2, 0.25) is 0 Å². The number of anilines is 3. The quantitative estimate of drug-likeness (QED) is 0.530. The van der Waals surface area contributed by atoms with Gasteiger partial charge in [-0.2, -0.15) is 0 Å². The summed E-state index contributed by atoms with van der Waals surface area (Å²) in [6.45, 7) is 1.69. The number of aliphatic hydroxyl groups excluding tert-OH is 1. The number of methoxy groups -OCH3 is 1. The number of aliphatic hydroxyl groups is 1. The molecule has 0 aromatic heterocycles. The average molecular weight is 304 g/mol. The minimum absolute atomic E-state index is 0.0713. The molecule has 116 valence electrons. The van der Waals surface area contributed by atoms with Crippen molar-refractivity contribution in [2.45, 2.75) is 13.0 Å². The maximum absolute atomic E-state index is 11.7. The molecule has 22 heavy (non-hydrogen) atoms. The van der Waals surface area contributed by atoms with Crippen molar-refractivity contribution in [3.8, 4) is 0 Å². The molecule has 2 aromatic carbocycles. The van der Waals surface area contributed by atoms with Crippen molar-refractivity contribution in [2.75, 3.05) is 24.3 Å². The number of carbonyl (C=O) groups excluding carboxylic acids is 1. The summed E-state index contributed by atoms with van der Waals surface area (Å²) in [7, 11) is 1.26. The molecular weight excluding hydrogens is 288 g/mol. The van der Waals surface area contributed by atoms with E-state index in [2.05, 4.69) is 15.4 Å². The molecule has 0 heterocycles.